The summed E-state index contributed by atoms with van der Waals surface area (Å²) < 4.78 is 6.87. The predicted molar refractivity (Wildman–Crippen MR) is 66.2 cm³/mol. The van der Waals surface area contributed by atoms with Gasteiger partial charge in [0, 0.05) is 18.0 Å². The van der Waals surface area contributed by atoms with Gasteiger partial charge in [0.15, 0.2) is 0 Å². The van der Waals surface area contributed by atoms with Crippen LogP contribution >= 0.6 is 0 Å². The Labute approximate surface area is 105 Å². The quantitative estimate of drug-likeness (QED) is 0.893. The summed E-state index contributed by atoms with van der Waals surface area (Å²) >= 11 is 0. The van der Waals surface area contributed by atoms with Crippen molar-refractivity contribution in [1.29, 1.82) is 0 Å². The standard InChI is InChI=1S/C12H16N4O2/c1-4-10-8(2)12(18-15-10)14-11(17)7-16-6-5-13-9(16)3/h5-6H,4,7H2,1-3H3,(H,14,17). The van der Waals surface area contributed by atoms with Gasteiger partial charge in [-0.3, -0.25) is 10.1 Å². The smallest absolute Gasteiger partial charge is 0.246 e. The summed E-state index contributed by atoms with van der Waals surface area (Å²) in [4.78, 5) is 15.9. The second-order valence-electron chi connectivity index (χ2n) is 4.09. The first-order chi connectivity index (χ1) is 8.61. The van der Waals surface area contributed by atoms with E-state index in [0.717, 1.165) is 23.5 Å². The number of carbonyl (C=O) groups excluding carboxylic acids is 1. The third-order valence-electron chi connectivity index (χ3n) is 2.85. The minimum absolute atomic E-state index is 0.155. The summed E-state index contributed by atoms with van der Waals surface area (Å²) in [5.74, 6) is 1.07. The van der Waals surface area contributed by atoms with Gasteiger partial charge < -0.3 is 9.09 Å². The molecule has 6 heteroatoms. The van der Waals surface area contributed by atoms with Crippen LogP contribution < -0.4 is 5.32 Å². The van der Waals surface area contributed by atoms with Gasteiger partial charge in [0.2, 0.25) is 11.8 Å². The van der Waals surface area contributed by atoms with Gasteiger partial charge in [0.25, 0.3) is 0 Å². The lowest BCUT2D eigenvalue weighted by Gasteiger charge is -2.04. The van der Waals surface area contributed by atoms with Crippen LogP contribution in [0.5, 0.6) is 0 Å². The number of rotatable bonds is 4. The summed E-state index contributed by atoms with van der Waals surface area (Å²) in [7, 11) is 0. The molecule has 0 radical (unpaired) electrons. The molecule has 0 aliphatic rings. The van der Waals surface area contributed by atoms with Gasteiger partial charge >= 0.3 is 0 Å². The van der Waals surface area contributed by atoms with Crippen molar-refractivity contribution in [3.63, 3.8) is 0 Å². The van der Waals surface area contributed by atoms with E-state index in [4.69, 9.17) is 4.52 Å². The van der Waals surface area contributed by atoms with Crippen molar-refractivity contribution in [3.8, 4) is 0 Å². The molecule has 0 spiro atoms. The monoisotopic (exact) mass is 248 g/mol. The molecule has 0 aliphatic carbocycles. The minimum Gasteiger partial charge on any atom is -0.338 e. The Hall–Kier alpha value is -2.11. The molecule has 18 heavy (non-hydrogen) atoms. The zero-order chi connectivity index (χ0) is 13.1. The Kier molecular flexibility index (Phi) is 3.45. The van der Waals surface area contributed by atoms with Gasteiger partial charge in [-0.15, -0.1) is 0 Å². The van der Waals surface area contributed by atoms with Gasteiger partial charge in [-0.2, -0.15) is 0 Å². The van der Waals surface area contributed by atoms with Crippen molar-refractivity contribution in [2.75, 3.05) is 5.32 Å². The van der Waals surface area contributed by atoms with Crippen molar-refractivity contribution in [3.05, 3.63) is 29.5 Å². The Morgan fingerprint density at radius 1 is 1.50 bits per heavy atom. The molecule has 0 unspecified atom stereocenters. The highest BCUT2D eigenvalue weighted by molar-refractivity contribution is 5.89. The molecule has 1 N–H and O–H groups in total. The summed E-state index contributed by atoms with van der Waals surface area (Å²) in [6, 6.07) is 0. The average Bonchev–Trinajstić information content (AvgIpc) is 2.88. The molecule has 0 aliphatic heterocycles. The minimum atomic E-state index is -0.155. The molecule has 0 fully saturated rings. The lowest BCUT2D eigenvalue weighted by atomic mass is 10.2. The Balaban J connectivity index is 2.03. The first-order valence-electron chi connectivity index (χ1n) is 5.84. The van der Waals surface area contributed by atoms with E-state index in [1.807, 2.05) is 20.8 Å². The lowest BCUT2D eigenvalue weighted by molar-refractivity contribution is -0.116. The summed E-state index contributed by atoms with van der Waals surface area (Å²) in [5, 5.41) is 6.61. The third kappa shape index (κ3) is 2.42. The number of amides is 1. The second-order valence-corrected chi connectivity index (χ2v) is 4.09. The molecule has 1 amide bonds. The first kappa shape index (κ1) is 12.3. The number of hydrogen-bond acceptors (Lipinski definition) is 4. The van der Waals surface area contributed by atoms with Crippen molar-refractivity contribution in [2.24, 2.45) is 0 Å². The van der Waals surface area contributed by atoms with E-state index >= 15 is 0 Å². The topological polar surface area (TPSA) is 73.0 Å². The van der Waals surface area contributed by atoms with Gasteiger partial charge in [0.1, 0.15) is 12.4 Å². The van der Waals surface area contributed by atoms with Crippen LogP contribution in [0, 0.1) is 13.8 Å². The summed E-state index contributed by atoms with van der Waals surface area (Å²) in [5.41, 5.74) is 1.75. The van der Waals surface area contributed by atoms with Crippen LogP contribution in [0.15, 0.2) is 16.9 Å². The molecule has 0 atom stereocenters. The van der Waals surface area contributed by atoms with Gasteiger partial charge in [-0.05, 0) is 20.3 Å². The van der Waals surface area contributed by atoms with E-state index in [1.165, 1.54) is 0 Å². The average molecular weight is 248 g/mol. The highest BCUT2D eigenvalue weighted by Gasteiger charge is 2.13. The highest BCUT2D eigenvalue weighted by atomic mass is 16.5. The molecule has 0 aromatic carbocycles. The Morgan fingerprint density at radius 2 is 2.28 bits per heavy atom. The van der Waals surface area contributed by atoms with Crippen molar-refractivity contribution < 1.29 is 9.32 Å². The summed E-state index contributed by atoms with van der Waals surface area (Å²) in [6.07, 6.45) is 4.21. The second kappa shape index (κ2) is 5.03. The van der Waals surface area contributed by atoms with E-state index in [1.54, 1.807) is 17.0 Å². The fraction of sp³-hybridized carbons (Fsp3) is 0.417. The number of aromatic nitrogens is 3. The molecule has 2 heterocycles. The summed E-state index contributed by atoms with van der Waals surface area (Å²) in [6.45, 7) is 5.94. The van der Waals surface area contributed by atoms with Crippen LogP contribution in [0.3, 0.4) is 0 Å². The number of imidazole rings is 1. The zero-order valence-electron chi connectivity index (χ0n) is 10.7. The van der Waals surface area contributed by atoms with Gasteiger partial charge in [0.05, 0.1) is 5.69 Å². The van der Waals surface area contributed by atoms with E-state index in [-0.39, 0.29) is 12.5 Å². The maximum Gasteiger partial charge on any atom is 0.246 e. The van der Waals surface area contributed by atoms with Gasteiger partial charge in [-0.25, -0.2) is 4.98 Å². The fourth-order valence-corrected chi connectivity index (χ4v) is 1.71. The molecular formula is C12H16N4O2. The fourth-order valence-electron chi connectivity index (χ4n) is 1.71. The lowest BCUT2D eigenvalue weighted by Crippen LogP contribution is -2.19. The molecule has 96 valence electrons. The molecule has 2 aromatic rings. The molecular weight excluding hydrogens is 232 g/mol. The zero-order valence-corrected chi connectivity index (χ0v) is 10.7. The molecule has 2 rings (SSSR count). The molecule has 2 aromatic heterocycles. The molecule has 0 saturated carbocycles. The Bertz CT molecular complexity index is 556. The molecule has 0 saturated heterocycles. The normalized spacial score (nSPS) is 10.6. The molecule has 6 nitrogen and oxygen atoms in total. The predicted octanol–water partition coefficient (Wildman–Crippen LogP) is 1.69. The van der Waals surface area contributed by atoms with Crippen LogP contribution in [0.4, 0.5) is 5.88 Å². The van der Waals surface area contributed by atoms with Crippen LogP contribution in [0.25, 0.3) is 0 Å². The van der Waals surface area contributed by atoms with E-state index in [9.17, 15) is 4.79 Å². The largest absolute Gasteiger partial charge is 0.338 e. The number of carbonyl (C=O) groups is 1. The highest BCUT2D eigenvalue weighted by Crippen LogP contribution is 2.18. The first-order valence-corrected chi connectivity index (χ1v) is 5.84. The maximum absolute atomic E-state index is 11.8. The van der Waals surface area contributed by atoms with Crippen LogP contribution in [0.1, 0.15) is 24.0 Å². The van der Waals surface area contributed by atoms with Gasteiger partial charge in [-0.1, -0.05) is 12.1 Å². The van der Waals surface area contributed by atoms with Crippen molar-refractivity contribution >= 4 is 11.8 Å². The third-order valence-corrected chi connectivity index (χ3v) is 2.85. The number of anilines is 1. The van der Waals surface area contributed by atoms with E-state index in [2.05, 4.69) is 15.5 Å². The number of nitrogens with zero attached hydrogens (tertiary/aromatic N) is 3. The van der Waals surface area contributed by atoms with E-state index < -0.39 is 0 Å². The molecule has 0 bridgehead atoms. The van der Waals surface area contributed by atoms with Crippen molar-refractivity contribution in [2.45, 2.75) is 33.7 Å². The maximum atomic E-state index is 11.8. The Morgan fingerprint density at radius 3 is 2.83 bits per heavy atom. The van der Waals surface area contributed by atoms with E-state index in [0.29, 0.717) is 5.88 Å². The van der Waals surface area contributed by atoms with Crippen LogP contribution in [-0.4, -0.2) is 20.6 Å². The number of hydrogen-bond donors (Lipinski definition) is 1. The SMILES string of the molecule is CCc1noc(NC(=O)Cn2ccnc2C)c1C. The van der Waals surface area contributed by atoms with Crippen LogP contribution in [-0.2, 0) is 17.8 Å². The number of nitrogens with one attached hydrogen (secondary N) is 1. The number of aryl methyl sites for hydroxylation is 2. The van der Waals surface area contributed by atoms with Crippen LogP contribution in [0.2, 0.25) is 0 Å². The van der Waals surface area contributed by atoms with Crippen molar-refractivity contribution in [1.82, 2.24) is 14.7 Å².